The van der Waals surface area contributed by atoms with Gasteiger partial charge in [-0.05, 0) is 25.7 Å². The van der Waals surface area contributed by atoms with Crippen molar-refractivity contribution in [2.45, 2.75) is 79.1 Å². The van der Waals surface area contributed by atoms with E-state index in [9.17, 15) is 19.8 Å². The summed E-state index contributed by atoms with van der Waals surface area (Å²) in [4.78, 5) is 23.8. The second-order valence-electron chi connectivity index (χ2n) is 5.92. The molecule has 0 aliphatic heterocycles. The van der Waals surface area contributed by atoms with Crippen molar-refractivity contribution in [3.05, 3.63) is 0 Å². The summed E-state index contributed by atoms with van der Waals surface area (Å²) < 4.78 is 0. The molecule has 0 fully saturated rings. The van der Waals surface area contributed by atoms with Crippen LogP contribution in [0.2, 0.25) is 0 Å². The first-order valence-corrected chi connectivity index (χ1v) is 9.36. The molecule has 0 atom stereocenters. The monoisotopic (exact) mass is 400 g/mol. The molecule has 0 rings (SSSR count). The molecule has 6 nitrogen and oxygen atoms in total. The summed E-state index contributed by atoms with van der Waals surface area (Å²) in [7, 11) is 0. The Bertz CT molecular complexity index is 271. The van der Waals surface area contributed by atoms with Crippen LogP contribution in [0.5, 0.6) is 0 Å². The maximum Gasteiger partial charge on any atom is 2.00 e. The molecule has 0 aliphatic rings. The zero-order valence-corrected chi connectivity index (χ0v) is 17.5. The quantitative estimate of drug-likeness (QED) is 0.471. The number of carbonyl (C=O) groups excluding carboxylic acids is 2. The van der Waals surface area contributed by atoms with E-state index in [-0.39, 0.29) is 17.1 Å². The number of unbranched alkanes of at least 4 members (excludes halogenated alkanes) is 4. The van der Waals surface area contributed by atoms with Crippen molar-refractivity contribution in [1.82, 2.24) is 9.80 Å². The SMILES string of the molecule is CCCCN(CCCC)C(=O)[O-].CCCCN(CCCC)C(=O)[O-].[Fe+2]. The zero-order valence-electron chi connectivity index (χ0n) is 16.4. The predicted octanol–water partition coefficient (Wildman–Crippen LogP) is 2.46. The van der Waals surface area contributed by atoms with Crippen LogP contribution in [0.1, 0.15) is 79.1 Å². The van der Waals surface area contributed by atoms with Gasteiger partial charge in [0.15, 0.2) is 0 Å². The third-order valence-corrected chi connectivity index (χ3v) is 3.64. The summed E-state index contributed by atoms with van der Waals surface area (Å²) in [5.41, 5.74) is 0. The fourth-order valence-electron chi connectivity index (χ4n) is 1.98. The molecule has 2 amide bonds. The number of carbonyl (C=O) groups is 2. The molecule has 25 heavy (non-hydrogen) atoms. The Morgan fingerprint density at radius 3 is 0.920 bits per heavy atom. The predicted molar refractivity (Wildman–Crippen MR) is 93.6 cm³/mol. The van der Waals surface area contributed by atoms with Gasteiger partial charge in [0.2, 0.25) is 0 Å². The molecule has 0 spiro atoms. The summed E-state index contributed by atoms with van der Waals surface area (Å²) in [6.45, 7) is 10.7. The van der Waals surface area contributed by atoms with Crippen LogP contribution in [0.4, 0.5) is 9.59 Å². The van der Waals surface area contributed by atoms with Gasteiger partial charge in [-0.2, -0.15) is 0 Å². The average molecular weight is 400 g/mol. The van der Waals surface area contributed by atoms with Gasteiger partial charge in [0, 0.05) is 26.2 Å². The van der Waals surface area contributed by atoms with E-state index in [1.54, 1.807) is 0 Å². The number of nitrogens with zero attached hydrogens (tertiary/aromatic N) is 2. The summed E-state index contributed by atoms with van der Waals surface area (Å²) in [5.74, 6) is 0. The van der Waals surface area contributed by atoms with E-state index in [0.717, 1.165) is 51.4 Å². The fraction of sp³-hybridized carbons (Fsp3) is 0.889. The number of carboxylic acid groups (broad SMARTS) is 2. The molecule has 0 bridgehead atoms. The van der Waals surface area contributed by atoms with Crippen LogP contribution in [0, 0.1) is 0 Å². The van der Waals surface area contributed by atoms with Crippen LogP contribution >= 0.6 is 0 Å². The third kappa shape index (κ3) is 19.2. The Morgan fingerprint density at radius 1 is 0.600 bits per heavy atom. The van der Waals surface area contributed by atoms with E-state index >= 15 is 0 Å². The van der Waals surface area contributed by atoms with E-state index < -0.39 is 12.2 Å². The van der Waals surface area contributed by atoms with Gasteiger partial charge in [-0.3, -0.25) is 0 Å². The van der Waals surface area contributed by atoms with Crippen molar-refractivity contribution in [1.29, 1.82) is 0 Å². The van der Waals surface area contributed by atoms with E-state index in [0.29, 0.717) is 26.2 Å². The van der Waals surface area contributed by atoms with E-state index in [1.807, 2.05) is 27.7 Å². The molecule has 0 aromatic rings. The molecule has 0 saturated carbocycles. The largest absolute Gasteiger partial charge is 2.00 e. The first kappa shape index (κ1) is 28.8. The minimum absolute atomic E-state index is 0. The normalized spacial score (nSPS) is 9.44. The molecule has 0 heterocycles. The molecule has 0 aromatic carbocycles. The molecule has 0 unspecified atom stereocenters. The van der Waals surface area contributed by atoms with E-state index in [2.05, 4.69) is 0 Å². The van der Waals surface area contributed by atoms with Crippen molar-refractivity contribution >= 4 is 12.2 Å². The first-order chi connectivity index (χ1) is 11.4. The van der Waals surface area contributed by atoms with Gasteiger partial charge < -0.3 is 29.6 Å². The molecule has 0 N–H and O–H groups in total. The van der Waals surface area contributed by atoms with Gasteiger partial charge in [-0.1, -0.05) is 53.4 Å². The van der Waals surface area contributed by atoms with Gasteiger partial charge in [0.25, 0.3) is 0 Å². The Labute approximate surface area is 164 Å². The summed E-state index contributed by atoms with van der Waals surface area (Å²) in [6, 6.07) is 0. The smallest absolute Gasteiger partial charge is 0.530 e. The van der Waals surface area contributed by atoms with Crippen molar-refractivity contribution in [3.8, 4) is 0 Å². The Kier molecular flexibility index (Phi) is 24.3. The molecular formula is C18H36FeN2O4. The van der Waals surface area contributed by atoms with E-state index in [4.69, 9.17) is 0 Å². The van der Waals surface area contributed by atoms with Crippen LogP contribution in [0.25, 0.3) is 0 Å². The molecular weight excluding hydrogens is 364 g/mol. The fourth-order valence-corrected chi connectivity index (χ4v) is 1.98. The minimum atomic E-state index is -1.03. The Hall–Kier alpha value is -0.941. The van der Waals surface area contributed by atoms with Crippen LogP contribution in [0.15, 0.2) is 0 Å². The first-order valence-electron chi connectivity index (χ1n) is 9.36. The van der Waals surface area contributed by atoms with Crippen LogP contribution in [-0.4, -0.2) is 48.2 Å². The number of rotatable bonds is 12. The van der Waals surface area contributed by atoms with Crippen molar-refractivity contribution in [2.75, 3.05) is 26.2 Å². The maximum atomic E-state index is 10.5. The van der Waals surface area contributed by atoms with Gasteiger partial charge in [0.1, 0.15) is 12.2 Å². The standard InChI is InChI=1S/2C9H19NO2.Fe/c2*1-3-5-7-10(9(11)12)8-6-4-2;/h2*3-8H2,1-2H3,(H,11,12);/q;;+2/p-2. The van der Waals surface area contributed by atoms with E-state index in [1.165, 1.54) is 9.80 Å². The van der Waals surface area contributed by atoms with Gasteiger partial charge >= 0.3 is 17.1 Å². The summed E-state index contributed by atoms with van der Waals surface area (Å²) in [6.07, 6.45) is 5.75. The maximum absolute atomic E-state index is 10.5. The average Bonchev–Trinajstić information content (AvgIpc) is 2.55. The van der Waals surface area contributed by atoms with Crippen molar-refractivity contribution < 1.29 is 36.9 Å². The van der Waals surface area contributed by atoms with Crippen LogP contribution in [0.3, 0.4) is 0 Å². The summed E-state index contributed by atoms with van der Waals surface area (Å²) in [5, 5.41) is 21.1. The third-order valence-electron chi connectivity index (χ3n) is 3.64. The second-order valence-corrected chi connectivity index (χ2v) is 5.92. The number of hydrogen-bond donors (Lipinski definition) is 0. The van der Waals surface area contributed by atoms with Gasteiger partial charge in [-0.25, -0.2) is 0 Å². The van der Waals surface area contributed by atoms with Gasteiger partial charge in [-0.15, -0.1) is 0 Å². The molecule has 0 saturated heterocycles. The zero-order chi connectivity index (χ0) is 18.8. The number of hydrogen-bond acceptors (Lipinski definition) is 4. The summed E-state index contributed by atoms with van der Waals surface area (Å²) >= 11 is 0. The Balaban J connectivity index is -0.000000372. The van der Waals surface area contributed by atoms with Crippen LogP contribution < -0.4 is 10.2 Å². The molecule has 0 aromatic heterocycles. The van der Waals surface area contributed by atoms with Gasteiger partial charge in [0.05, 0.1) is 0 Å². The second kappa shape index (κ2) is 21.1. The minimum Gasteiger partial charge on any atom is -0.530 e. The molecule has 0 radical (unpaired) electrons. The molecule has 7 heteroatoms. The Morgan fingerprint density at radius 2 is 0.800 bits per heavy atom. The molecule has 0 aliphatic carbocycles. The van der Waals surface area contributed by atoms with Crippen molar-refractivity contribution in [2.24, 2.45) is 0 Å². The molecule has 150 valence electrons. The van der Waals surface area contributed by atoms with Crippen LogP contribution in [-0.2, 0) is 17.1 Å². The topological polar surface area (TPSA) is 86.7 Å². The van der Waals surface area contributed by atoms with Crippen molar-refractivity contribution in [3.63, 3.8) is 0 Å². The number of amides is 2.